The minimum absolute atomic E-state index is 0.0203. The molecule has 0 aliphatic carbocycles. The van der Waals surface area contributed by atoms with E-state index in [4.69, 9.17) is 5.73 Å². The molecule has 2 aromatic heterocycles. The van der Waals surface area contributed by atoms with Crippen molar-refractivity contribution in [1.82, 2.24) is 20.8 Å². The van der Waals surface area contributed by atoms with Crippen molar-refractivity contribution < 1.29 is 14.0 Å². The molecule has 0 bridgehead atoms. The Morgan fingerprint density at radius 1 is 1.00 bits per heavy atom. The van der Waals surface area contributed by atoms with E-state index in [1.54, 1.807) is 24.3 Å². The third-order valence-electron chi connectivity index (χ3n) is 4.44. The zero-order valence-electron chi connectivity index (χ0n) is 14.8. The van der Waals surface area contributed by atoms with Crippen molar-refractivity contribution in [3.05, 3.63) is 82.0 Å². The number of nitrogens with one attached hydrogen (secondary N) is 3. The summed E-state index contributed by atoms with van der Waals surface area (Å²) < 4.78 is 13.4. The zero-order chi connectivity index (χ0) is 20.5. The zero-order valence-corrected chi connectivity index (χ0v) is 14.8. The summed E-state index contributed by atoms with van der Waals surface area (Å²) in [5.41, 5.74) is 10.7. The van der Waals surface area contributed by atoms with Gasteiger partial charge >= 0.3 is 0 Å². The largest absolute Gasteiger partial charge is 0.397 e. The Labute approximate surface area is 162 Å². The van der Waals surface area contributed by atoms with Crippen molar-refractivity contribution in [2.45, 2.75) is 0 Å². The van der Waals surface area contributed by atoms with Gasteiger partial charge in [-0.1, -0.05) is 18.2 Å². The number of aromatic nitrogens is 2. The van der Waals surface area contributed by atoms with E-state index in [-0.39, 0.29) is 22.2 Å². The molecule has 8 nitrogen and oxygen atoms in total. The quantitative estimate of drug-likeness (QED) is 0.388. The molecule has 0 fully saturated rings. The summed E-state index contributed by atoms with van der Waals surface area (Å²) >= 11 is 0. The highest BCUT2D eigenvalue weighted by Gasteiger charge is 2.17. The topological polar surface area (TPSA) is 130 Å². The Balaban J connectivity index is 1.56. The van der Waals surface area contributed by atoms with E-state index in [1.807, 2.05) is 0 Å². The molecule has 144 valence electrons. The number of hydrogen-bond acceptors (Lipinski definition) is 5. The Morgan fingerprint density at radius 3 is 2.52 bits per heavy atom. The number of pyridine rings is 2. The molecule has 0 unspecified atom stereocenters. The van der Waals surface area contributed by atoms with Crippen molar-refractivity contribution in [2.24, 2.45) is 0 Å². The first kappa shape index (κ1) is 18.1. The fourth-order valence-corrected chi connectivity index (χ4v) is 2.95. The molecule has 0 spiro atoms. The number of amides is 2. The lowest BCUT2D eigenvalue weighted by atomic mass is 10.1. The molecule has 5 N–H and O–H groups in total. The van der Waals surface area contributed by atoms with Crippen molar-refractivity contribution in [2.75, 3.05) is 5.73 Å². The van der Waals surface area contributed by atoms with Crippen LogP contribution in [0.1, 0.15) is 20.7 Å². The smallest absolute Gasteiger partial charge is 0.275 e. The number of rotatable bonds is 2. The van der Waals surface area contributed by atoms with Crippen molar-refractivity contribution in [3.63, 3.8) is 0 Å². The van der Waals surface area contributed by atoms with Gasteiger partial charge in [-0.05, 0) is 24.3 Å². The van der Waals surface area contributed by atoms with Gasteiger partial charge in [-0.25, -0.2) is 4.39 Å². The summed E-state index contributed by atoms with van der Waals surface area (Å²) in [5, 5.41) is 0.617. The third kappa shape index (κ3) is 3.25. The van der Waals surface area contributed by atoms with E-state index in [0.29, 0.717) is 16.4 Å². The maximum absolute atomic E-state index is 13.4. The lowest BCUT2D eigenvalue weighted by Gasteiger charge is -2.10. The molecule has 9 heteroatoms. The van der Waals surface area contributed by atoms with Gasteiger partial charge in [0.2, 0.25) is 5.43 Å². The Kier molecular flexibility index (Phi) is 4.40. The monoisotopic (exact) mass is 391 g/mol. The number of hydrogen-bond donors (Lipinski definition) is 4. The number of nitrogens with zero attached hydrogens (tertiary/aromatic N) is 1. The van der Waals surface area contributed by atoms with E-state index in [0.717, 1.165) is 6.07 Å². The molecule has 2 amide bonds. The summed E-state index contributed by atoms with van der Waals surface area (Å²) in [6, 6.07) is 10.7. The second kappa shape index (κ2) is 7.04. The number of H-pyrrole nitrogens is 1. The first-order valence-corrected chi connectivity index (χ1v) is 8.50. The molecular formula is C20H14FN5O3. The number of anilines is 1. The maximum atomic E-state index is 13.4. The average molecular weight is 391 g/mol. The van der Waals surface area contributed by atoms with Crippen molar-refractivity contribution in [1.29, 1.82) is 0 Å². The number of fused-ring (bicyclic) bond motifs is 2. The summed E-state index contributed by atoms with van der Waals surface area (Å²) in [7, 11) is 0. The summed E-state index contributed by atoms with van der Waals surface area (Å²) in [5.74, 6) is -2.16. The second-order valence-corrected chi connectivity index (χ2v) is 6.23. The van der Waals surface area contributed by atoms with E-state index in [1.165, 1.54) is 24.5 Å². The van der Waals surface area contributed by atoms with Crippen LogP contribution in [-0.2, 0) is 0 Å². The number of nitrogen functional groups attached to an aromatic ring is 1. The molecule has 2 heterocycles. The van der Waals surface area contributed by atoms with Crippen LogP contribution in [0.15, 0.2) is 59.7 Å². The molecule has 4 aromatic rings. The summed E-state index contributed by atoms with van der Waals surface area (Å²) in [6.45, 7) is 0. The Bertz CT molecular complexity index is 1350. The van der Waals surface area contributed by atoms with Gasteiger partial charge in [-0.3, -0.25) is 30.2 Å². The van der Waals surface area contributed by atoms with Crippen molar-refractivity contribution in [3.8, 4) is 0 Å². The predicted molar refractivity (Wildman–Crippen MR) is 106 cm³/mol. The Hall–Kier alpha value is -4.27. The van der Waals surface area contributed by atoms with Gasteiger partial charge in [-0.2, -0.15) is 0 Å². The fourth-order valence-electron chi connectivity index (χ4n) is 2.95. The van der Waals surface area contributed by atoms with E-state index < -0.39 is 23.1 Å². The number of carbonyl (C=O) groups is 2. The normalized spacial score (nSPS) is 10.8. The molecule has 2 aromatic carbocycles. The molecule has 0 saturated heterocycles. The van der Waals surface area contributed by atoms with Crippen LogP contribution < -0.4 is 22.0 Å². The van der Waals surface area contributed by atoms with Crippen LogP contribution in [0, 0.1) is 5.82 Å². The number of para-hydroxylation sites is 1. The van der Waals surface area contributed by atoms with Gasteiger partial charge in [0.05, 0.1) is 16.8 Å². The number of aromatic amines is 1. The maximum Gasteiger partial charge on any atom is 0.275 e. The number of benzene rings is 2. The number of hydrazine groups is 1. The SMILES string of the molecule is Nc1c(C(=O)NNC(=O)c2c[nH]c3ccc(F)cc3c2=O)cnc2ccccc12. The molecular weight excluding hydrogens is 377 g/mol. The first-order chi connectivity index (χ1) is 14.0. The van der Waals surface area contributed by atoms with Gasteiger partial charge in [0.1, 0.15) is 11.4 Å². The van der Waals surface area contributed by atoms with Crippen LogP contribution in [0.5, 0.6) is 0 Å². The van der Waals surface area contributed by atoms with E-state index in [9.17, 15) is 18.8 Å². The highest BCUT2D eigenvalue weighted by atomic mass is 19.1. The van der Waals surface area contributed by atoms with Crippen LogP contribution in [0.2, 0.25) is 0 Å². The van der Waals surface area contributed by atoms with Gasteiger partial charge in [0.15, 0.2) is 0 Å². The van der Waals surface area contributed by atoms with Crippen LogP contribution in [0.4, 0.5) is 10.1 Å². The van der Waals surface area contributed by atoms with E-state index >= 15 is 0 Å². The Morgan fingerprint density at radius 2 is 1.72 bits per heavy atom. The highest BCUT2D eigenvalue weighted by Crippen LogP contribution is 2.22. The molecule has 0 radical (unpaired) electrons. The standard InChI is InChI=1S/C20H14FN5O3/c21-10-5-6-16-12(7-10)18(27)14(9-24-16)20(29)26-25-19(28)13-8-23-15-4-2-1-3-11(15)17(13)22/h1-9H,(H2,22,23)(H,24,27)(H,25,28)(H,26,29). The van der Waals surface area contributed by atoms with Gasteiger partial charge < -0.3 is 10.7 Å². The summed E-state index contributed by atoms with van der Waals surface area (Å²) in [6.07, 6.45) is 2.49. The summed E-state index contributed by atoms with van der Waals surface area (Å²) in [4.78, 5) is 44.1. The number of carbonyl (C=O) groups excluding carboxylic acids is 2. The van der Waals surface area contributed by atoms with Gasteiger partial charge in [-0.15, -0.1) is 0 Å². The van der Waals surface area contributed by atoms with Crippen LogP contribution in [0.3, 0.4) is 0 Å². The molecule has 0 saturated carbocycles. The second-order valence-electron chi connectivity index (χ2n) is 6.23. The molecule has 29 heavy (non-hydrogen) atoms. The number of nitrogens with two attached hydrogens (primary N) is 1. The van der Waals surface area contributed by atoms with Crippen molar-refractivity contribution >= 4 is 39.3 Å². The fraction of sp³-hybridized carbons (Fsp3) is 0. The van der Waals surface area contributed by atoms with Crippen LogP contribution in [0.25, 0.3) is 21.8 Å². The minimum Gasteiger partial charge on any atom is -0.397 e. The predicted octanol–water partition coefficient (Wildman–Crippen LogP) is 1.87. The molecule has 0 aliphatic rings. The number of halogens is 1. The minimum atomic E-state index is -0.863. The average Bonchev–Trinajstić information content (AvgIpc) is 2.73. The highest BCUT2D eigenvalue weighted by molar-refractivity contribution is 6.07. The van der Waals surface area contributed by atoms with Gasteiger partial charge in [0.25, 0.3) is 11.8 Å². The molecule has 0 atom stereocenters. The first-order valence-electron chi connectivity index (χ1n) is 8.50. The molecule has 4 rings (SSSR count). The van der Waals surface area contributed by atoms with Crippen LogP contribution >= 0.6 is 0 Å². The molecule has 0 aliphatic heterocycles. The lowest BCUT2D eigenvalue weighted by molar-refractivity contribution is 0.0846. The van der Waals surface area contributed by atoms with E-state index in [2.05, 4.69) is 20.8 Å². The third-order valence-corrected chi connectivity index (χ3v) is 4.44. The lowest BCUT2D eigenvalue weighted by Crippen LogP contribution is -2.43. The van der Waals surface area contributed by atoms with Crippen LogP contribution in [-0.4, -0.2) is 21.8 Å². The van der Waals surface area contributed by atoms with Gasteiger partial charge in [0, 0.05) is 28.7 Å².